The predicted octanol–water partition coefficient (Wildman–Crippen LogP) is 2.66. The van der Waals surface area contributed by atoms with Gasteiger partial charge in [0, 0.05) is 17.6 Å². The third-order valence-corrected chi connectivity index (χ3v) is 4.12. The number of thiazole rings is 1. The van der Waals surface area contributed by atoms with Gasteiger partial charge < -0.3 is 10.6 Å². The lowest BCUT2D eigenvalue weighted by molar-refractivity contribution is -0.119. The molecule has 0 saturated heterocycles. The van der Waals surface area contributed by atoms with Gasteiger partial charge in [-0.25, -0.2) is 4.98 Å². The molecule has 0 bridgehead atoms. The van der Waals surface area contributed by atoms with Crippen molar-refractivity contribution in [2.24, 2.45) is 0 Å². The van der Waals surface area contributed by atoms with Gasteiger partial charge in [0.05, 0.1) is 23.7 Å². The monoisotopic (exact) mass is 289 g/mol. The van der Waals surface area contributed by atoms with E-state index in [1.54, 1.807) is 18.4 Å². The summed E-state index contributed by atoms with van der Waals surface area (Å²) in [6.07, 6.45) is 0.421. The summed E-state index contributed by atoms with van der Waals surface area (Å²) in [6, 6.07) is 7.95. The van der Waals surface area contributed by atoms with Gasteiger partial charge >= 0.3 is 0 Å². The second-order valence-electron chi connectivity index (χ2n) is 4.64. The zero-order valence-corrected chi connectivity index (χ0v) is 12.8. The molecular formula is C15H19N3OS. The van der Waals surface area contributed by atoms with Crippen LogP contribution in [0.4, 0.5) is 5.69 Å². The quantitative estimate of drug-likeness (QED) is 0.889. The maximum absolute atomic E-state index is 11.3. The van der Waals surface area contributed by atoms with Crippen molar-refractivity contribution in [3.8, 4) is 0 Å². The SMILES string of the molecule is CNC(=O)Cc1ccc(NCc2sc(C)nc2C)cc1. The van der Waals surface area contributed by atoms with Gasteiger partial charge in [0.2, 0.25) is 5.91 Å². The van der Waals surface area contributed by atoms with Crippen LogP contribution in [0.2, 0.25) is 0 Å². The molecule has 0 aliphatic rings. The van der Waals surface area contributed by atoms with Crippen LogP contribution in [0.25, 0.3) is 0 Å². The average molecular weight is 289 g/mol. The number of benzene rings is 1. The minimum Gasteiger partial charge on any atom is -0.380 e. The van der Waals surface area contributed by atoms with Crippen LogP contribution in [0.5, 0.6) is 0 Å². The molecule has 2 N–H and O–H groups in total. The largest absolute Gasteiger partial charge is 0.380 e. The van der Waals surface area contributed by atoms with Crippen LogP contribution in [0.3, 0.4) is 0 Å². The van der Waals surface area contributed by atoms with Crippen LogP contribution in [0.15, 0.2) is 24.3 Å². The normalized spacial score (nSPS) is 10.3. The van der Waals surface area contributed by atoms with E-state index in [1.165, 1.54) is 4.88 Å². The first-order valence-electron chi connectivity index (χ1n) is 6.55. The van der Waals surface area contributed by atoms with Crippen molar-refractivity contribution in [2.75, 3.05) is 12.4 Å². The smallest absolute Gasteiger partial charge is 0.224 e. The molecule has 106 valence electrons. The van der Waals surface area contributed by atoms with Crippen LogP contribution in [0.1, 0.15) is 21.1 Å². The Kier molecular flexibility index (Phi) is 4.74. The van der Waals surface area contributed by atoms with E-state index in [-0.39, 0.29) is 5.91 Å². The summed E-state index contributed by atoms with van der Waals surface area (Å²) < 4.78 is 0. The number of likely N-dealkylation sites (N-methyl/N-ethyl adjacent to an activating group) is 1. The van der Waals surface area contributed by atoms with Crippen molar-refractivity contribution in [1.82, 2.24) is 10.3 Å². The van der Waals surface area contributed by atoms with Crippen LogP contribution in [-0.2, 0) is 17.8 Å². The molecule has 0 radical (unpaired) electrons. The maximum atomic E-state index is 11.3. The van der Waals surface area contributed by atoms with Gasteiger partial charge in [-0.3, -0.25) is 4.79 Å². The Hall–Kier alpha value is -1.88. The van der Waals surface area contributed by atoms with E-state index in [1.807, 2.05) is 38.1 Å². The van der Waals surface area contributed by atoms with E-state index < -0.39 is 0 Å². The molecule has 1 aromatic carbocycles. The van der Waals surface area contributed by atoms with Crippen LogP contribution in [0, 0.1) is 13.8 Å². The molecule has 0 saturated carbocycles. The zero-order valence-electron chi connectivity index (χ0n) is 12.0. The zero-order chi connectivity index (χ0) is 14.5. The summed E-state index contributed by atoms with van der Waals surface area (Å²) in [4.78, 5) is 17.0. The van der Waals surface area contributed by atoms with Gasteiger partial charge in [-0.1, -0.05) is 12.1 Å². The number of aromatic nitrogens is 1. The number of hydrogen-bond acceptors (Lipinski definition) is 4. The Bertz CT molecular complexity index is 590. The standard InChI is InChI=1S/C15H19N3OS/c1-10-14(20-11(2)18-10)9-17-13-6-4-12(5-7-13)8-15(19)16-3/h4-7,17H,8-9H2,1-3H3,(H,16,19). The Morgan fingerprint density at radius 3 is 2.50 bits per heavy atom. The minimum atomic E-state index is 0.0291. The maximum Gasteiger partial charge on any atom is 0.224 e. The number of nitrogens with one attached hydrogen (secondary N) is 2. The fourth-order valence-corrected chi connectivity index (χ4v) is 2.81. The number of hydrogen-bond donors (Lipinski definition) is 2. The van der Waals surface area contributed by atoms with Crippen LogP contribution < -0.4 is 10.6 Å². The van der Waals surface area contributed by atoms with Gasteiger partial charge in [-0.2, -0.15) is 0 Å². The Morgan fingerprint density at radius 2 is 1.95 bits per heavy atom. The van der Waals surface area contributed by atoms with Crippen LogP contribution in [-0.4, -0.2) is 17.9 Å². The molecule has 0 aliphatic heterocycles. The highest BCUT2D eigenvalue weighted by Gasteiger charge is 2.05. The molecule has 1 aromatic heterocycles. The number of rotatable bonds is 5. The number of carbonyl (C=O) groups is 1. The molecule has 2 rings (SSSR count). The molecule has 4 nitrogen and oxygen atoms in total. The molecule has 1 amide bonds. The fourth-order valence-electron chi connectivity index (χ4n) is 1.93. The van der Waals surface area contributed by atoms with E-state index in [9.17, 15) is 4.79 Å². The van der Waals surface area contributed by atoms with Crippen molar-refractivity contribution < 1.29 is 4.79 Å². The first kappa shape index (κ1) is 14.5. The van der Waals surface area contributed by atoms with E-state index in [4.69, 9.17) is 0 Å². The number of nitrogens with zero attached hydrogens (tertiary/aromatic N) is 1. The Balaban J connectivity index is 1.94. The van der Waals surface area contributed by atoms with E-state index in [2.05, 4.69) is 15.6 Å². The number of aryl methyl sites for hydroxylation is 2. The van der Waals surface area contributed by atoms with Gasteiger partial charge in [0.25, 0.3) is 0 Å². The van der Waals surface area contributed by atoms with Crippen LogP contribution >= 0.6 is 11.3 Å². The number of anilines is 1. The molecule has 20 heavy (non-hydrogen) atoms. The predicted molar refractivity (Wildman–Crippen MR) is 83.1 cm³/mol. The molecule has 2 aromatic rings. The van der Waals surface area contributed by atoms with Crippen molar-refractivity contribution in [2.45, 2.75) is 26.8 Å². The third-order valence-electron chi connectivity index (χ3n) is 3.05. The summed E-state index contributed by atoms with van der Waals surface area (Å²) in [5.74, 6) is 0.0291. The summed E-state index contributed by atoms with van der Waals surface area (Å²) in [6.45, 7) is 4.84. The molecule has 5 heteroatoms. The molecule has 0 spiro atoms. The summed E-state index contributed by atoms with van der Waals surface area (Å²) in [7, 11) is 1.65. The Labute approximate surface area is 123 Å². The lowest BCUT2D eigenvalue weighted by Gasteiger charge is -2.06. The molecule has 0 aliphatic carbocycles. The van der Waals surface area contributed by atoms with E-state index in [0.29, 0.717) is 6.42 Å². The summed E-state index contributed by atoms with van der Waals surface area (Å²) >= 11 is 1.72. The Morgan fingerprint density at radius 1 is 1.25 bits per heavy atom. The van der Waals surface area contributed by atoms with E-state index in [0.717, 1.165) is 28.5 Å². The lowest BCUT2D eigenvalue weighted by atomic mass is 10.1. The highest BCUT2D eigenvalue weighted by Crippen LogP contribution is 2.19. The molecule has 0 atom stereocenters. The first-order chi connectivity index (χ1) is 9.58. The highest BCUT2D eigenvalue weighted by molar-refractivity contribution is 7.11. The van der Waals surface area contributed by atoms with E-state index >= 15 is 0 Å². The van der Waals surface area contributed by atoms with Gasteiger partial charge in [-0.05, 0) is 31.5 Å². The van der Waals surface area contributed by atoms with Crippen molar-refractivity contribution in [3.05, 3.63) is 45.4 Å². The van der Waals surface area contributed by atoms with Crippen molar-refractivity contribution >= 4 is 22.9 Å². The fraction of sp³-hybridized carbons (Fsp3) is 0.333. The second kappa shape index (κ2) is 6.52. The number of carbonyl (C=O) groups excluding carboxylic acids is 1. The van der Waals surface area contributed by atoms with Gasteiger partial charge in [0.1, 0.15) is 0 Å². The topological polar surface area (TPSA) is 54.0 Å². The lowest BCUT2D eigenvalue weighted by Crippen LogP contribution is -2.19. The molecule has 1 heterocycles. The highest BCUT2D eigenvalue weighted by atomic mass is 32.1. The first-order valence-corrected chi connectivity index (χ1v) is 7.36. The second-order valence-corrected chi connectivity index (χ2v) is 5.93. The molecule has 0 unspecified atom stereocenters. The minimum absolute atomic E-state index is 0.0291. The number of amides is 1. The van der Waals surface area contributed by atoms with Crippen molar-refractivity contribution in [1.29, 1.82) is 0 Å². The summed E-state index contributed by atoms with van der Waals surface area (Å²) in [5.41, 5.74) is 3.16. The van der Waals surface area contributed by atoms with Gasteiger partial charge in [0.15, 0.2) is 0 Å². The summed E-state index contributed by atoms with van der Waals surface area (Å²) in [5, 5.41) is 7.10. The van der Waals surface area contributed by atoms with Crippen molar-refractivity contribution in [3.63, 3.8) is 0 Å². The molecule has 0 fully saturated rings. The van der Waals surface area contributed by atoms with Gasteiger partial charge in [-0.15, -0.1) is 11.3 Å². The molecular weight excluding hydrogens is 270 g/mol. The third kappa shape index (κ3) is 3.81. The average Bonchev–Trinajstić information content (AvgIpc) is 2.76.